The molecule has 0 spiro atoms. The van der Waals surface area contributed by atoms with Crippen LogP contribution in [-0.4, -0.2) is 23.9 Å². The summed E-state index contributed by atoms with van der Waals surface area (Å²) in [4.78, 5) is 24.8. The third kappa shape index (κ3) is 10.2. The smallest absolute Gasteiger partial charge is 0.251 e. The predicted molar refractivity (Wildman–Crippen MR) is 113 cm³/mol. The molecule has 0 heterocycles. The maximum atomic E-state index is 12.6. The zero-order valence-corrected chi connectivity index (χ0v) is 17.4. The second kappa shape index (κ2) is 14.2. The van der Waals surface area contributed by atoms with Crippen molar-refractivity contribution in [2.75, 3.05) is 0 Å². The summed E-state index contributed by atoms with van der Waals surface area (Å²) in [6, 6.07) is 8.70. The molecule has 0 aliphatic rings. The Morgan fingerprint density at radius 1 is 0.815 bits per heavy atom. The van der Waals surface area contributed by atoms with Crippen LogP contribution in [0.1, 0.15) is 95.3 Å². The number of hydrogen-bond donors (Lipinski definition) is 2. The highest BCUT2D eigenvalue weighted by Crippen LogP contribution is 2.13. The highest BCUT2D eigenvalue weighted by Gasteiger charge is 2.19. The lowest BCUT2D eigenvalue weighted by Gasteiger charge is -2.22. The van der Waals surface area contributed by atoms with Gasteiger partial charge in [0.05, 0.1) is 0 Å². The normalized spacial score (nSPS) is 12.0. The molecule has 27 heavy (non-hydrogen) atoms. The number of unbranched alkanes of at least 4 members (excludes halogenated alkanes) is 6. The van der Waals surface area contributed by atoms with Gasteiger partial charge in [-0.2, -0.15) is 0 Å². The lowest BCUT2D eigenvalue weighted by atomic mass is 10.0. The molecule has 0 aliphatic heterocycles. The lowest BCUT2D eigenvalue weighted by Crippen LogP contribution is -2.48. The van der Waals surface area contributed by atoms with Crippen LogP contribution in [0, 0.1) is 0 Å². The monoisotopic (exact) mass is 374 g/mol. The molecule has 0 saturated heterocycles. The molecule has 0 radical (unpaired) electrons. The van der Waals surface area contributed by atoms with E-state index in [-0.39, 0.29) is 17.9 Å². The molecule has 152 valence electrons. The number of carbonyl (C=O) groups is 2. The Kier molecular flexibility index (Phi) is 12.2. The first-order valence-corrected chi connectivity index (χ1v) is 10.7. The van der Waals surface area contributed by atoms with Crippen LogP contribution in [0.25, 0.3) is 0 Å². The molecule has 2 N–H and O–H groups in total. The van der Waals surface area contributed by atoms with Gasteiger partial charge in [0.15, 0.2) is 0 Å². The first kappa shape index (κ1) is 23.2. The molecule has 0 saturated carbocycles. The summed E-state index contributed by atoms with van der Waals surface area (Å²) in [6.45, 7) is 6.17. The minimum absolute atomic E-state index is 0.0877. The number of nitrogens with one attached hydrogen (secondary N) is 2. The minimum atomic E-state index is -0.536. The third-order valence-corrected chi connectivity index (χ3v) is 4.94. The van der Waals surface area contributed by atoms with E-state index in [0.29, 0.717) is 5.56 Å². The quantitative estimate of drug-likeness (QED) is 0.438. The van der Waals surface area contributed by atoms with Gasteiger partial charge in [0.25, 0.3) is 5.91 Å². The minimum Gasteiger partial charge on any atom is -0.352 e. The first-order chi connectivity index (χ1) is 13.1. The van der Waals surface area contributed by atoms with E-state index >= 15 is 0 Å². The summed E-state index contributed by atoms with van der Waals surface area (Å²) in [5, 5.41) is 5.98. The van der Waals surface area contributed by atoms with Crippen molar-refractivity contribution < 1.29 is 9.59 Å². The predicted octanol–water partition coefficient (Wildman–Crippen LogP) is 5.23. The van der Waals surface area contributed by atoms with Crippen molar-refractivity contribution in [1.29, 1.82) is 0 Å². The van der Waals surface area contributed by atoms with Crippen LogP contribution in [-0.2, 0) is 4.79 Å². The summed E-state index contributed by atoms with van der Waals surface area (Å²) in [5.41, 5.74) is 0.577. The van der Waals surface area contributed by atoms with Gasteiger partial charge in [-0.3, -0.25) is 9.59 Å². The molecule has 1 rings (SSSR count). The van der Waals surface area contributed by atoms with Crippen LogP contribution in [0.4, 0.5) is 0 Å². The van der Waals surface area contributed by atoms with Crippen LogP contribution < -0.4 is 10.6 Å². The summed E-state index contributed by atoms with van der Waals surface area (Å²) < 4.78 is 0. The highest BCUT2D eigenvalue weighted by atomic mass is 16.2. The van der Waals surface area contributed by atoms with Gasteiger partial charge in [0.1, 0.15) is 6.04 Å². The van der Waals surface area contributed by atoms with Gasteiger partial charge in [0, 0.05) is 11.6 Å². The van der Waals surface area contributed by atoms with Crippen molar-refractivity contribution in [2.24, 2.45) is 0 Å². The van der Waals surface area contributed by atoms with E-state index < -0.39 is 6.04 Å². The number of hydrogen-bond acceptors (Lipinski definition) is 2. The third-order valence-electron chi connectivity index (χ3n) is 4.94. The van der Waals surface area contributed by atoms with Gasteiger partial charge < -0.3 is 10.6 Å². The molecule has 2 amide bonds. The van der Waals surface area contributed by atoms with Crippen molar-refractivity contribution >= 4 is 11.8 Å². The highest BCUT2D eigenvalue weighted by molar-refractivity contribution is 5.97. The molecule has 0 unspecified atom stereocenters. The second-order valence-electron chi connectivity index (χ2n) is 7.47. The second-order valence-corrected chi connectivity index (χ2v) is 7.47. The summed E-state index contributed by atoms with van der Waals surface area (Å²) >= 11 is 0. The SMILES string of the molecule is CCCCCCC(CCCCCC)NC(=O)[C@H](C)NC(=O)c1ccccc1. The van der Waals surface area contributed by atoms with Gasteiger partial charge in [-0.05, 0) is 31.9 Å². The van der Waals surface area contributed by atoms with Crippen LogP contribution in [0.3, 0.4) is 0 Å². The average Bonchev–Trinajstić information content (AvgIpc) is 2.68. The number of benzene rings is 1. The van der Waals surface area contributed by atoms with E-state index in [1.54, 1.807) is 19.1 Å². The number of carbonyl (C=O) groups excluding carboxylic acids is 2. The van der Waals surface area contributed by atoms with Crippen molar-refractivity contribution in [3.05, 3.63) is 35.9 Å². The fraction of sp³-hybridized carbons (Fsp3) is 0.652. The van der Waals surface area contributed by atoms with Crippen LogP contribution in [0.2, 0.25) is 0 Å². The lowest BCUT2D eigenvalue weighted by molar-refractivity contribution is -0.123. The first-order valence-electron chi connectivity index (χ1n) is 10.7. The molecular formula is C23H38N2O2. The van der Waals surface area contributed by atoms with Gasteiger partial charge in [0.2, 0.25) is 5.91 Å². The van der Waals surface area contributed by atoms with E-state index in [1.165, 1.54) is 38.5 Å². The molecular weight excluding hydrogens is 336 g/mol. The van der Waals surface area contributed by atoms with Gasteiger partial charge in [-0.25, -0.2) is 0 Å². The number of rotatable bonds is 14. The molecule has 4 heteroatoms. The van der Waals surface area contributed by atoms with Crippen molar-refractivity contribution in [3.8, 4) is 0 Å². The van der Waals surface area contributed by atoms with Gasteiger partial charge >= 0.3 is 0 Å². The van der Waals surface area contributed by atoms with E-state index in [2.05, 4.69) is 24.5 Å². The van der Waals surface area contributed by atoms with E-state index in [9.17, 15) is 9.59 Å². The molecule has 0 aromatic heterocycles. The number of amides is 2. The maximum Gasteiger partial charge on any atom is 0.251 e. The molecule has 0 aliphatic carbocycles. The van der Waals surface area contributed by atoms with E-state index in [1.807, 2.05) is 18.2 Å². The van der Waals surface area contributed by atoms with E-state index in [4.69, 9.17) is 0 Å². The zero-order chi connectivity index (χ0) is 19.9. The topological polar surface area (TPSA) is 58.2 Å². The van der Waals surface area contributed by atoms with Crippen molar-refractivity contribution in [3.63, 3.8) is 0 Å². The molecule has 0 bridgehead atoms. The Hall–Kier alpha value is -1.84. The van der Waals surface area contributed by atoms with Crippen LogP contribution >= 0.6 is 0 Å². The molecule has 0 fully saturated rings. The van der Waals surface area contributed by atoms with Crippen molar-refractivity contribution in [2.45, 2.75) is 97.1 Å². The average molecular weight is 375 g/mol. The Labute approximate surface area is 165 Å². The zero-order valence-electron chi connectivity index (χ0n) is 17.4. The van der Waals surface area contributed by atoms with Crippen LogP contribution in [0.5, 0.6) is 0 Å². The summed E-state index contributed by atoms with van der Waals surface area (Å²) in [5.74, 6) is -0.295. The van der Waals surface area contributed by atoms with Gasteiger partial charge in [-0.1, -0.05) is 83.4 Å². The van der Waals surface area contributed by atoms with Gasteiger partial charge in [-0.15, -0.1) is 0 Å². The molecule has 4 nitrogen and oxygen atoms in total. The molecule has 1 aromatic carbocycles. The maximum absolute atomic E-state index is 12.6. The fourth-order valence-corrected chi connectivity index (χ4v) is 3.18. The Bertz CT molecular complexity index is 518. The Morgan fingerprint density at radius 3 is 1.89 bits per heavy atom. The fourth-order valence-electron chi connectivity index (χ4n) is 3.18. The summed E-state index contributed by atoms with van der Waals surface area (Å²) in [7, 11) is 0. The summed E-state index contributed by atoms with van der Waals surface area (Å²) in [6.07, 6.45) is 11.7. The van der Waals surface area contributed by atoms with E-state index in [0.717, 1.165) is 25.7 Å². The largest absolute Gasteiger partial charge is 0.352 e. The molecule has 1 atom stereocenters. The van der Waals surface area contributed by atoms with Crippen LogP contribution in [0.15, 0.2) is 30.3 Å². The Balaban J connectivity index is 2.49. The standard InChI is InChI=1S/C23H38N2O2/c1-4-6-8-13-17-21(18-14-9-7-5-2)25-22(26)19(3)24-23(27)20-15-11-10-12-16-20/h10-12,15-16,19,21H,4-9,13-14,17-18H2,1-3H3,(H,24,27)(H,25,26)/t19-/m0/s1. The molecule has 1 aromatic rings. The van der Waals surface area contributed by atoms with Crippen molar-refractivity contribution in [1.82, 2.24) is 10.6 Å². The Morgan fingerprint density at radius 2 is 1.37 bits per heavy atom.